The van der Waals surface area contributed by atoms with Crippen molar-refractivity contribution < 1.29 is 4.42 Å². The van der Waals surface area contributed by atoms with E-state index in [0.29, 0.717) is 0 Å². The molecule has 2 heterocycles. The molecule has 1 fully saturated rings. The molecule has 1 saturated heterocycles. The Bertz CT molecular complexity index is 450. The van der Waals surface area contributed by atoms with Gasteiger partial charge >= 0.3 is 0 Å². The fraction of sp³-hybridized carbons (Fsp3) is 0.462. The third kappa shape index (κ3) is 1.66. The molecule has 0 amide bonds. The van der Waals surface area contributed by atoms with Gasteiger partial charge in [-0.3, -0.25) is 0 Å². The van der Waals surface area contributed by atoms with Gasteiger partial charge in [0.25, 0.3) is 6.01 Å². The zero-order chi connectivity index (χ0) is 11.0. The van der Waals surface area contributed by atoms with E-state index < -0.39 is 0 Å². The highest BCUT2D eigenvalue weighted by Crippen LogP contribution is 2.25. The third-order valence-electron chi connectivity index (χ3n) is 3.34. The largest absolute Gasteiger partial charge is 0.423 e. The molecule has 3 heteroatoms. The molecule has 0 N–H and O–H groups in total. The number of para-hydroxylation sites is 2. The number of benzene rings is 1. The fourth-order valence-electron chi connectivity index (χ4n) is 2.20. The van der Waals surface area contributed by atoms with Crippen molar-refractivity contribution in [3.05, 3.63) is 24.3 Å². The number of anilines is 1. The van der Waals surface area contributed by atoms with E-state index in [1.54, 1.807) is 0 Å². The van der Waals surface area contributed by atoms with E-state index >= 15 is 0 Å². The van der Waals surface area contributed by atoms with E-state index in [2.05, 4.69) is 16.8 Å². The molecular formula is C13H16N2O. The Balaban J connectivity index is 1.88. The first-order chi connectivity index (χ1) is 7.83. The summed E-state index contributed by atoms with van der Waals surface area (Å²) < 4.78 is 5.76. The first kappa shape index (κ1) is 9.70. The summed E-state index contributed by atoms with van der Waals surface area (Å²) in [6, 6.07) is 8.73. The summed E-state index contributed by atoms with van der Waals surface area (Å²) in [6.45, 7) is 4.44. The van der Waals surface area contributed by atoms with Gasteiger partial charge in [0.2, 0.25) is 0 Å². The summed E-state index contributed by atoms with van der Waals surface area (Å²) in [4.78, 5) is 6.77. The lowest BCUT2D eigenvalue weighted by molar-refractivity contribution is 0.417. The molecular weight excluding hydrogens is 200 g/mol. The van der Waals surface area contributed by atoms with Crippen molar-refractivity contribution in [3.63, 3.8) is 0 Å². The average molecular weight is 216 g/mol. The van der Waals surface area contributed by atoms with Crippen LogP contribution in [0.5, 0.6) is 0 Å². The van der Waals surface area contributed by atoms with Crippen LogP contribution in [0.4, 0.5) is 6.01 Å². The Morgan fingerprint density at radius 2 is 2.00 bits per heavy atom. The van der Waals surface area contributed by atoms with Gasteiger partial charge in [-0.15, -0.1) is 0 Å². The van der Waals surface area contributed by atoms with Crippen LogP contribution in [0.1, 0.15) is 19.8 Å². The number of hydrogen-bond donors (Lipinski definition) is 0. The number of hydrogen-bond acceptors (Lipinski definition) is 3. The van der Waals surface area contributed by atoms with Gasteiger partial charge in [0.05, 0.1) is 0 Å². The Morgan fingerprint density at radius 1 is 1.25 bits per heavy atom. The van der Waals surface area contributed by atoms with Gasteiger partial charge in [-0.05, 0) is 30.9 Å². The number of nitrogens with zero attached hydrogens (tertiary/aromatic N) is 2. The van der Waals surface area contributed by atoms with Crippen molar-refractivity contribution in [2.45, 2.75) is 19.8 Å². The Morgan fingerprint density at radius 3 is 2.75 bits per heavy atom. The number of fused-ring (bicyclic) bond motifs is 1. The SMILES string of the molecule is CC1CCN(c2nc3ccccc3o2)CC1. The highest BCUT2D eigenvalue weighted by atomic mass is 16.4. The van der Waals surface area contributed by atoms with Crippen LogP contribution >= 0.6 is 0 Å². The monoisotopic (exact) mass is 216 g/mol. The second-order valence-electron chi connectivity index (χ2n) is 4.63. The minimum absolute atomic E-state index is 0.785. The maximum atomic E-state index is 5.76. The predicted octanol–water partition coefficient (Wildman–Crippen LogP) is 3.06. The number of aromatic nitrogens is 1. The van der Waals surface area contributed by atoms with Gasteiger partial charge in [-0.2, -0.15) is 4.98 Å². The molecule has 1 aliphatic rings. The summed E-state index contributed by atoms with van der Waals surface area (Å²) >= 11 is 0. The minimum atomic E-state index is 0.785. The highest BCUT2D eigenvalue weighted by molar-refractivity contribution is 5.74. The van der Waals surface area contributed by atoms with Crippen LogP contribution in [0.25, 0.3) is 11.1 Å². The normalized spacial score (nSPS) is 18.2. The molecule has 0 bridgehead atoms. The molecule has 1 aromatic carbocycles. The molecule has 0 spiro atoms. The molecule has 0 aliphatic carbocycles. The zero-order valence-electron chi connectivity index (χ0n) is 9.52. The summed E-state index contributed by atoms with van der Waals surface area (Å²) in [7, 11) is 0. The molecule has 1 aromatic heterocycles. The molecule has 84 valence electrons. The van der Waals surface area contributed by atoms with Crippen LogP contribution < -0.4 is 4.90 Å². The average Bonchev–Trinajstić information content (AvgIpc) is 2.73. The lowest BCUT2D eigenvalue weighted by Gasteiger charge is -2.28. The van der Waals surface area contributed by atoms with Crippen LogP contribution in [0.3, 0.4) is 0 Å². The van der Waals surface area contributed by atoms with E-state index in [9.17, 15) is 0 Å². The summed E-state index contributed by atoms with van der Waals surface area (Å²) in [5.74, 6) is 0.834. The van der Waals surface area contributed by atoms with E-state index in [1.807, 2.05) is 24.3 Å². The number of piperidine rings is 1. The maximum absolute atomic E-state index is 5.76. The van der Waals surface area contributed by atoms with Crippen LogP contribution in [0.15, 0.2) is 28.7 Å². The summed E-state index contributed by atoms with van der Waals surface area (Å²) in [5, 5.41) is 0. The van der Waals surface area contributed by atoms with Gasteiger partial charge in [0, 0.05) is 13.1 Å². The second kappa shape index (κ2) is 3.81. The van der Waals surface area contributed by atoms with Crippen LogP contribution in [0, 0.1) is 5.92 Å². The van der Waals surface area contributed by atoms with Gasteiger partial charge in [-0.1, -0.05) is 19.1 Å². The van der Waals surface area contributed by atoms with E-state index in [0.717, 1.165) is 36.1 Å². The van der Waals surface area contributed by atoms with Gasteiger partial charge in [0.1, 0.15) is 5.52 Å². The van der Waals surface area contributed by atoms with E-state index in [1.165, 1.54) is 12.8 Å². The first-order valence-electron chi connectivity index (χ1n) is 5.93. The van der Waals surface area contributed by atoms with Gasteiger partial charge in [0.15, 0.2) is 5.58 Å². The Kier molecular flexibility index (Phi) is 2.31. The highest BCUT2D eigenvalue weighted by Gasteiger charge is 2.19. The first-order valence-corrected chi connectivity index (χ1v) is 5.93. The molecule has 3 nitrogen and oxygen atoms in total. The van der Waals surface area contributed by atoms with Crippen LogP contribution in [0.2, 0.25) is 0 Å². The van der Waals surface area contributed by atoms with Crippen LogP contribution in [-0.4, -0.2) is 18.1 Å². The quantitative estimate of drug-likeness (QED) is 0.733. The smallest absolute Gasteiger partial charge is 0.298 e. The van der Waals surface area contributed by atoms with Crippen molar-refractivity contribution in [3.8, 4) is 0 Å². The topological polar surface area (TPSA) is 29.3 Å². The third-order valence-corrected chi connectivity index (χ3v) is 3.34. The fourth-order valence-corrected chi connectivity index (χ4v) is 2.20. The predicted molar refractivity (Wildman–Crippen MR) is 64.6 cm³/mol. The summed E-state index contributed by atoms with van der Waals surface area (Å²) in [6.07, 6.45) is 2.47. The van der Waals surface area contributed by atoms with Gasteiger partial charge in [-0.25, -0.2) is 0 Å². The molecule has 2 aromatic rings. The minimum Gasteiger partial charge on any atom is -0.423 e. The molecule has 0 unspecified atom stereocenters. The summed E-state index contributed by atoms with van der Waals surface area (Å²) in [5.41, 5.74) is 1.84. The molecule has 3 rings (SSSR count). The molecule has 0 radical (unpaired) electrons. The maximum Gasteiger partial charge on any atom is 0.298 e. The van der Waals surface area contributed by atoms with Crippen molar-refractivity contribution in [1.29, 1.82) is 0 Å². The number of rotatable bonds is 1. The Labute approximate surface area is 95.1 Å². The standard InChI is InChI=1S/C13H16N2O/c1-10-6-8-15(9-7-10)13-14-11-4-2-3-5-12(11)16-13/h2-5,10H,6-9H2,1H3. The van der Waals surface area contributed by atoms with Crippen molar-refractivity contribution in [2.24, 2.45) is 5.92 Å². The lowest BCUT2D eigenvalue weighted by atomic mass is 10.00. The van der Waals surface area contributed by atoms with Gasteiger partial charge < -0.3 is 9.32 Å². The second-order valence-corrected chi connectivity index (χ2v) is 4.63. The zero-order valence-corrected chi connectivity index (χ0v) is 9.52. The van der Waals surface area contributed by atoms with E-state index in [4.69, 9.17) is 4.42 Å². The number of oxazole rings is 1. The van der Waals surface area contributed by atoms with Crippen molar-refractivity contribution in [2.75, 3.05) is 18.0 Å². The molecule has 1 aliphatic heterocycles. The Hall–Kier alpha value is -1.51. The van der Waals surface area contributed by atoms with E-state index in [-0.39, 0.29) is 0 Å². The van der Waals surface area contributed by atoms with Crippen LogP contribution in [-0.2, 0) is 0 Å². The lowest BCUT2D eigenvalue weighted by Crippen LogP contribution is -2.32. The molecule has 16 heavy (non-hydrogen) atoms. The molecule has 0 saturated carbocycles. The van der Waals surface area contributed by atoms with Crippen molar-refractivity contribution >= 4 is 17.1 Å². The van der Waals surface area contributed by atoms with Crippen molar-refractivity contribution in [1.82, 2.24) is 4.98 Å². The molecule has 0 atom stereocenters.